The molecule has 0 atom stereocenters. The number of hydrogen-bond acceptors (Lipinski definition) is 6. The number of benzene rings is 1. The van der Waals surface area contributed by atoms with Crippen molar-refractivity contribution in [2.24, 2.45) is 0 Å². The van der Waals surface area contributed by atoms with Gasteiger partial charge in [0.2, 0.25) is 5.69 Å². The fourth-order valence-corrected chi connectivity index (χ4v) is 1.37. The van der Waals surface area contributed by atoms with Gasteiger partial charge in [-0.2, -0.15) is 5.26 Å². The quantitative estimate of drug-likeness (QED) is 0.639. The first-order valence-electron chi connectivity index (χ1n) is 4.95. The van der Waals surface area contributed by atoms with Crippen LogP contribution in [0.25, 0.3) is 5.69 Å². The molecule has 1 heterocycles. The minimum Gasteiger partial charge on any atom is -0.369 e. The molecule has 8 nitrogen and oxygen atoms in total. The van der Waals surface area contributed by atoms with Crippen LogP contribution in [0.2, 0.25) is 0 Å². The van der Waals surface area contributed by atoms with Crippen LogP contribution in [0.1, 0.15) is 5.69 Å². The zero-order valence-electron chi connectivity index (χ0n) is 9.36. The van der Waals surface area contributed by atoms with Crippen molar-refractivity contribution in [2.45, 2.75) is 0 Å². The average Bonchev–Trinajstić information content (AvgIpc) is 2.82. The van der Waals surface area contributed by atoms with Crippen LogP contribution < -0.4 is 5.32 Å². The molecule has 0 radical (unpaired) electrons. The molecular formula is C10H8N6O2. The van der Waals surface area contributed by atoms with Crippen molar-refractivity contribution in [3.05, 3.63) is 40.1 Å². The maximum absolute atomic E-state index is 10.5. The summed E-state index contributed by atoms with van der Waals surface area (Å²) >= 11 is 0. The van der Waals surface area contributed by atoms with E-state index in [2.05, 4.69) is 15.5 Å². The summed E-state index contributed by atoms with van der Waals surface area (Å²) in [4.78, 5) is 11.3. The highest BCUT2D eigenvalue weighted by Gasteiger charge is 2.11. The van der Waals surface area contributed by atoms with E-state index < -0.39 is 4.92 Å². The Balaban J connectivity index is 2.40. The third-order valence-corrected chi connectivity index (χ3v) is 2.25. The first kappa shape index (κ1) is 11.5. The Morgan fingerprint density at radius 3 is 2.50 bits per heavy atom. The number of anilines is 1. The van der Waals surface area contributed by atoms with Gasteiger partial charge in [0.05, 0.1) is 10.6 Å². The smallest absolute Gasteiger partial charge is 0.269 e. The van der Waals surface area contributed by atoms with Gasteiger partial charge in [0.25, 0.3) is 5.69 Å². The van der Waals surface area contributed by atoms with Crippen molar-refractivity contribution in [1.82, 2.24) is 15.0 Å². The molecule has 0 amide bonds. The summed E-state index contributed by atoms with van der Waals surface area (Å²) in [5, 5.41) is 30.1. The number of nitrogens with one attached hydrogen (secondary N) is 1. The van der Waals surface area contributed by atoms with E-state index in [0.717, 1.165) is 0 Å². The fraction of sp³-hybridized carbons (Fsp3) is 0.100. The van der Waals surface area contributed by atoms with E-state index in [1.165, 1.54) is 29.1 Å². The van der Waals surface area contributed by atoms with Gasteiger partial charge in [-0.25, -0.2) is 0 Å². The maximum atomic E-state index is 10.5. The largest absolute Gasteiger partial charge is 0.369 e. The summed E-state index contributed by atoms with van der Waals surface area (Å²) < 4.78 is 0. The molecule has 0 saturated carbocycles. The lowest BCUT2D eigenvalue weighted by Gasteiger charge is -1.98. The van der Waals surface area contributed by atoms with E-state index in [1.54, 1.807) is 7.05 Å². The molecule has 18 heavy (non-hydrogen) atoms. The first-order chi connectivity index (χ1) is 8.65. The lowest BCUT2D eigenvalue weighted by Crippen LogP contribution is -1.99. The van der Waals surface area contributed by atoms with Crippen LogP contribution in [0, 0.1) is 21.4 Å². The molecule has 1 N–H and O–H groups in total. The Morgan fingerprint density at radius 1 is 1.39 bits per heavy atom. The molecule has 0 aliphatic rings. The van der Waals surface area contributed by atoms with Crippen molar-refractivity contribution >= 4 is 11.5 Å². The van der Waals surface area contributed by atoms with Gasteiger partial charge in [-0.05, 0) is 12.1 Å². The lowest BCUT2D eigenvalue weighted by molar-refractivity contribution is -0.384. The number of aromatic nitrogens is 3. The van der Waals surface area contributed by atoms with Gasteiger partial charge in [0.15, 0.2) is 5.82 Å². The van der Waals surface area contributed by atoms with Crippen LogP contribution >= 0.6 is 0 Å². The summed E-state index contributed by atoms with van der Waals surface area (Å²) in [6.45, 7) is 0. The zero-order valence-corrected chi connectivity index (χ0v) is 9.36. The van der Waals surface area contributed by atoms with Gasteiger partial charge in [0, 0.05) is 19.2 Å². The summed E-state index contributed by atoms with van der Waals surface area (Å²) in [6, 6.07) is 7.63. The molecule has 0 aliphatic heterocycles. The van der Waals surface area contributed by atoms with E-state index in [1.807, 2.05) is 6.07 Å². The highest BCUT2D eigenvalue weighted by Crippen LogP contribution is 2.16. The van der Waals surface area contributed by atoms with Crippen molar-refractivity contribution in [2.75, 3.05) is 12.4 Å². The molecule has 0 bridgehead atoms. The van der Waals surface area contributed by atoms with Crippen LogP contribution in [0.15, 0.2) is 24.3 Å². The number of non-ortho nitro benzene ring substituents is 1. The standard InChI is InChI=1S/C10H8N6O2/c1-12-10-9(6-11)13-15(14-10)7-2-4-8(5-3-7)16(17)18/h2-5H,1H3,(H,12,14). The molecule has 0 spiro atoms. The molecule has 2 rings (SSSR count). The second kappa shape index (κ2) is 4.50. The molecule has 2 aromatic rings. The number of nitro benzene ring substituents is 1. The Morgan fingerprint density at radius 2 is 2.06 bits per heavy atom. The molecule has 0 fully saturated rings. The second-order valence-corrected chi connectivity index (χ2v) is 3.32. The van der Waals surface area contributed by atoms with E-state index in [0.29, 0.717) is 11.5 Å². The Labute approximate surface area is 102 Å². The zero-order chi connectivity index (χ0) is 13.1. The predicted octanol–water partition coefficient (Wildman–Crippen LogP) is 1.09. The monoisotopic (exact) mass is 244 g/mol. The van der Waals surface area contributed by atoms with Crippen molar-refractivity contribution in [3.8, 4) is 11.8 Å². The van der Waals surface area contributed by atoms with Crippen molar-refractivity contribution in [1.29, 1.82) is 5.26 Å². The van der Waals surface area contributed by atoms with E-state index >= 15 is 0 Å². The Bertz CT molecular complexity index is 625. The van der Waals surface area contributed by atoms with Gasteiger partial charge in [0.1, 0.15) is 6.07 Å². The van der Waals surface area contributed by atoms with E-state index in [-0.39, 0.29) is 11.4 Å². The minimum atomic E-state index is -0.486. The molecular weight excluding hydrogens is 236 g/mol. The molecule has 1 aromatic heterocycles. The second-order valence-electron chi connectivity index (χ2n) is 3.32. The van der Waals surface area contributed by atoms with Crippen molar-refractivity contribution in [3.63, 3.8) is 0 Å². The SMILES string of the molecule is CNc1nn(-c2ccc([N+](=O)[O-])cc2)nc1C#N. The highest BCUT2D eigenvalue weighted by molar-refractivity contribution is 5.47. The predicted molar refractivity (Wildman–Crippen MR) is 62.3 cm³/mol. The highest BCUT2D eigenvalue weighted by atomic mass is 16.6. The van der Waals surface area contributed by atoms with Crippen LogP contribution in [0.5, 0.6) is 0 Å². The first-order valence-corrected chi connectivity index (χ1v) is 4.95. The van der Waals surface area contributed by atoms with E-state index in [4.69, 9.17) is 5.26 Å². The van der Waals surface area contributed by atoms with Gasteiger partial charge in [-0.15, -0.1) is 15.0 Å². The molecule has 0 unspecified atom stereocenters. The van der Waals surface area contributed by atoms with Gasteiger partial charge >= 0.3 is 0 Å². The average molecular weight is 244 g/mol. The van der Waals surface area contributed by atoms with Gasteiger partial charge < -0.3 is 5.32 Å². The third-order valence-electron chi connectivity index (χ3n) is 2.25. The van der Waals surface area contributed by atoms with Crippen LogP contribution in [0.4, 0.5) is 11.5 Å². The number of nitriles is 1. The van der Waals surface area contributed by atoms with Crippen molar-refractivity contribution < 1.29 is 4.92 Å². The molecule has 90 valence electrons. The van der Waals surface area contributed by atoms with Gasteiger partial charge in [-0.3, -0.25) is 10.1 Å². The molecule has 8 heteroatoms. The fourth-order valence-electron chi connectivity index (χ4n) is 1.37. The summed E-state index contributed by atoms with van der Waals surface area (Å²) in [7, 11) is 1.63. The number of nitro groups is 1. The molecule has 1 aromatic carbocycles. The summed E-state index contributed by atoms with van der Waals surface area (Å²) in [5.74, 6) is 0.357. The molecule has 0 saturated heterocycles. The Hall–Kier alpha value is -2.95. The summed E-state index contributed by atoms with van der Waals surface area (Å²) in [5.41, 5.74) is 0.690. The number of rotatable bonds is 3. The molecule has 0 aliphatic carbocycles. The number of nitrogens with zero attached hydrogens (tertiary/aromatic N) is 5. The van der Waals surface area contributed by atoms with Crippen LogP contribution in [-0.2, 0) is 0 Å². The summed E-state index contributed by atoms with van der Waals surface area (Å²) in [6.07, 6.45) is 0. The van der Waals surface area contributed by atoms with E-state index in [9.17, 15) is 10.1 Å². The van der Waals surface area contributed by atoms with Crippen LogP contribution in [-0.4, -0.2) is 27.0 Å². The lowest BCUT2D eigenvalue weighted by atomic mass is 10.3. The number of hydrogen-bond donors (Lipinski definition) is 1. The topological polar surface area (TPSA) is 110 Å². The van der Waals surface area contributed by atoms with Crippen LogP contribution in [0.3, 0.4) is 0 Å². The normalized spacial score (nSPS) is 9.78. The minimum absolute atomic E-state index is 0.0137. The Kier molecular flexibility index (Phi) is 2.89. The third kappa shape index (κ3) is 1.97. The van der Waals surface area contributed by atoms with Gasteiger partial charge in [-0.1, -0.05) is 0 Å². The maximum Gasteiger partial charge on any atom is 0.269 e.